The molecule has 9 heteroatoms. The third kappa shape index (κ3) is 6.08. The van der Waals surface area contributed by atoms with Crippen LogP contribution in [0.3, 0.4) is 0 Å². The van der Waals surface area contributed by atoms with Crippen molar-refractivity contribution in [2.24, 2.45) is 0 Å². The molecule has 3 rings (SSSR count). The Morgan fingerprint density at radius 3 is 2.37 bits per heavy atom. The molecule has 35 heavy (non-hydrogen) atoms. The summed E-state index contributed by atoms with van der Waals surface area (Å²) in [6.45, 7) is 4.64. The first-order valence-corrected chi connectivity index (χ1v) is 13.5. The smallest absolute Gasteiger partial charge is 0.269 e. The van der Waals surface area contributed by atoms with Crippen LogP contribution in [0.15, 0.2) is 59.5 Å². The first-order valence-electron chi connectivity index (χ1n) is 12.1. The van der Waals surface area contributed by atoms with Gasteiger partial charge in [0.2, 0.25) is 11.8 Å². The minimum Gasteiger partial charge on any atom is -0.354 e. The van der Waals surface area contributed by atoms with Crippen molar-refractivity contribution >= 4 is 27.7 Å². The number of hydrogen-bond acceptors (Lipinski definition) is 5. The van der Waals surface area contributed by atoms with Crippen LogP contribution in [-0.4, -0.2) is 61.0 Å². The number of nitrogens with zero attached hydrogens (tertiary/aromatic N) is 2. The van der Waals surface area contributed by atoms with Crippen molar-refractivity contribution in [2.45, 2.75) is 56.9 Å². The number of amides is 3. The standard InChI is InChI=1S/C26H33N3O5S/c1-3-17-27-25(31)22(4-2)28(19-16-20-11-6-5-7-12-20)24(30)15-10-18-29-26(32)21-13-8-9-14-23(21)35(29,33)34/h5-9,11-14,22H,3-4,10,15-19H2,1-2H3,(H,27,31). The lowest BCUT2D eigenvalue weighted by Crippen LogP contribution is -2.50. The Labute approximate surface area is 207 Å². The number of sulfonamides is 1. The summed E-state index contributed by atoms with van der Waals surface area (Å²) in [7, 11) is -3.91. The first kappa shape index (κ1) is 26.4. The molecular formula is C26H33N3O5S. The summed E-state index contributed by atoms with van der Waals surface area (Å²) < 4.78 is 26.4. The minimum atomic E-state index is -3.91. The highest BCUT2D eigenvalue weighted by atomic mass is 32.2. The average molecular weight is 500 g/mol. The van der Waals surface area contributed by atoms with E-state index >= 15 is 0 Å². The topological polar surface area (TPSA) is 104 Å². The molecule has 2 aromatic rings. The average Bonchev–Trinajstić information content (AvgIpc) is 3.06. The predicted molar refractivity (Wildman–Crippen MR) is 133 cm³/mol. The second-order valence-electron chi connectivity index (χ2n) is 8.52. The summed E-state index contributed by atoms with van der Waals surface area (Å²) >= 11 is 0. The Balaban J connectivity index is 1.68. The maximum absolute atomic E-state index is 13.3. The first-order chi connectivity index (χ1) is 16.8. The van der Waals surface area contributed by atoms with Crippen molar-refractivity contribution in [3.05, 3.63) is 65.7 Å². The molecule has 0 bridgehead atoms. The lowest BCUT2D eigenvalue weighted by molar-refractivity contribution is -0.140. The van der Waals surface area contributed by atoms with Gasteiger partial charge in [-0.1, -0.05) is 56.3 Å². The summed E-state index contributed by atoms with van der Waals surface area (Å²) in [5.41, 5.74) is 1.21. The second-order valence-corrected chi connectivity index (χ2v) is 10.4. The van der Waals surface area contributed by atoms with Gasteiger partial charge in [0.25, 0.3) is 15.9 Å². The van der Waals surface area contributed by atoms with Crippen molar-refractivity contribution in [3.8, 4) is 0 Å². The zero-order valence-corrected chi connectivity index (χ0v) is 21.1. The van der Waals surface area contributed by atoms with E-state index in [2.05, 4.69) is 5.32 Å². The van der Waals surface area contributed by atoms with E-state index in [9.17, 15) is 22.8 Å². The van der Waals surface area contributed by atoms with E-state index in [0.29, 0.717) is 25.9 Å². The van der Waals surface area contributed by atoms with Gasteiger partial charge in [0.05, 0.1) is 5.56 Å². The summed E-state index contributed by atoms with van der Waals surface area (Å²) in [6, 6.07) is 15.2. The minimum absolute atomic E-state index is 0.000503. The van der Waals surface area contributed by atoms with Crippen molar-refractivity contribution in [3.63, 3.8) is 0 Å². The van der Waals surface area contributed by atoms with Gasteiger partial charge in [0.1, 0.15) is 10.9 Å². The molecule has 8 nitrogen and oxygen atoms in total. The van der Waals surface area contributed by atoms with Gasteiger partial charge in [-0.2, -0.15) is 0 Å². The normalized spacial score (nSPS) is 14.9. The van der Waals surface area contributed by atoms with Crippen LogP contribution in [0, 0.1) is 0 Å². The van der Waals surface area contributed by atoms with Crippen LogP contribution in [0.5, 0.6) is 0 Å². The molecule has 0 saturated heterocycles. The van der Waals surface area contributed by atoms with Gasteiger partial charge in [-0.15, -0.1) is 0 Å². The van der Waals surface area contributed by atoms with E-state index in [1.165, 1.54) is 12.1 Å². The molecule has 1 aliphatic rings. The number of carbonyl (C=O) groups excluding carboxylic acids is 3. The van der Waals surface area contributed by atoms with E-state index in [-0.39, 0.29) is 41.7 Å². The van der Waals surface area contributed by atoms with Crippen LogP contribution in [-0.2, 0) is 26.0 Å². The molecule has 2 aromatic carbocycles. The molecule has 0 radical (unpaired) electrons. The monoisotopic (exact) mass is 499 g/mol. The molecule has 0 aromatic heterocycles. The molecule has 1 N–H and O–H groups in total. The Bertz CT molecular complexity index is 1150. The fourth-order valence-electron chi connectivity index (χ4n) is 4.23. The Morgan fingerprint density at radius 1 is 1.03 bits per heavy atom. The van der Waals surface area contributed by atoms with Crippen molar-refractivity contribution in [2.75, 3.05) is 19.6 Å². The predicted octanol–water partition coefficient (Wildman–Crippen LogP) is 2.99. The fraction of sp³-hybridized carbons (Fsp3) is 0.423. The molecule has 1 heterocycles. The van der Waals surface area contributed by atoms with E-state index < -0.39 is 22.0 Å². The molecule has 0 saturated carbocycles. The molecule has 0 spiro atoms. The van der Waals surface area contributed by atoms with Gasteiger partial charge in [0.15, 0.2) is 0 Å². The van der Waals surface area contributed by atoms with Crippen LogP contribution >= 0.6 is 0 Å². The molecular weight excluding hydrogens is 466 g/mol. The van der Waals surface area contributed by atoms with Gasteiger partial charge in [-0.05, 0) is 43.4 Å². The van der Waals surface area contributed by atoms with Gasteiger partial charge in [-0.3, -0.25) is 14.4 Å². The quantitative estimate of drug-likeness (QED) is 0.484. The van der Waals surface area contributed by atoms with Gasteiger partial charge >= 0.3 is 0 Å². The van der Waals surface area contributed by atoms with Crippen LogP contribution in [0.1, 0.15) is 55.5 Å². The van der Waals surface area contributed by atoms with Crippen LogP contribution < -0.4 is 5.32 Å². The summed E-state index contributed by atoms with van der Waals surface area (Å²) in [4.78, 5) is 40.3. The third-order valence-electron chi connectivity index (χ3n) is 6.08. The maximum Gasteiger partial charge on any atom is 0.269 e. The largest absolute Gasteiger partial charge is 0.354 e. The van der Waals surface area contributed by atoms with Crippen LogP contribution in [0.2, 0.25) is 0 Å². The van der Waals surface area contributed by atoms with E-state index in [1.54, 1.807) is 17.0 Å². The molecule has 0 aliphatic carbocycles. The molecule has 0 fully saturated rings. The second kappa shape index (κ2) is 12.0. The summed E-state index contributed by atoms with van der Waals surface area (Å²) in [6.07, 6.45) is 2.05. The summed E-state index contributed by atoms with van der Waals surface area (Å²) in [5.74, 6) is -0.996. The van der Waals surface area contributed by atoms with Crippen molar-refractivity contribution in [1.82, 2.24) is 14.5 Å². The van der Waals surface area contributed by atoms with Gasteiger partial charge < -0.3 is 10.2 Å². The van der Waals surface area contributed by atoms with E-state index in [1.807, 2.05) is 44.2 Å². The number of rotatable bonds is 12. The highest BCUT2D eigenvalue weighted by Gasteiger charge is 2.40. The fourth-order valence-corrected chi connectivity index (χ4v) is 5.84. The molecule has 1 aliphatic heterocycles. The molecule has 188 valence electrons. The zero-order chi connectivity index (χ0) is 25.4. The molecule has 1 atom stereocenters. The Kier molecular flexibility index (Phi) is 9.03. The SMILES string of the molecule is CCCNC(=O)C(CC)N(CCc1ccccc1)C(=O)CCCN1C(=O)c2ccccc2S1(=O)=O. The molecule has 3 amide bonds. The number of hydrogen-bond donors (Lipinski definition) is 1. The number of nitrogens with one attached hydrogen (secondary N) is 1. The third-order valence-corrected chi connectivity index (χ3v) is 7.92. The molecule has 1 unspecified atom stereocenters. The number of fused-ring (bicyclic) bond motifs is 1. The number of carbonyl (C=O) groups is 3. The van der Waals surface area contributed by atoms with Crippen molar-refractivity contribution < 1.29 is 22.8 Å². The van der Waals surface area contributed by atoms with Crippen LogP contribution in [0.4, 0.5) is 0 Å². The van der Waals surface area contributed by atoms with E-state index in [4.69, 9.17) is 0 Å². The van der Waals surface area contributed by atoms with Crippen LogP contribution in [0.25, 0.3) is 0 Å². The van der Waals surface area contributed by atoms with Gasteiger partial charge in [-0.25, -0.2) is 12.7 Å². The van der Waals surface area contributed by atoms with Gasteiger partial charge in [0, 0.05) is 26.1 Å². The lowest BCUT2D eigenvalue weighted by atomic mass is 10.1. The Hall–Kier alpha value is -3.20. The highest BCUT2D eigenvalue weighted by molar-refractivity contribution is 7.90. The maximum atomic E-state index is 13.3. The van der Waals surface area contributed by atoms with E-state index in [0.717, 1.165) is 16.3 Å². The summed E-state index contributed by atoms with van der Waals surface area (Å²) in [5, 5.41) is 2.88. The number of benzene rings is 2. The zero-order valence-electron chi connectivity index (χ0n) is 20.3. The van der Waals surface area contributed by atoms with Crippen molar-refractivity contribution in [1.29, 1.82) is 0 Å². The Morgan fingerprint density at radius 2 is 1.71 bits per heavy atom. The lowest BCUT2D eigenvalue weighted by Gasteiger charge is -2.31. The highest BCUT2D eigenvalue weighted by Crippen LogP contribution is 2.30.